The van der Waals surface area contributed by atoms with Gasteiger partial charge in [0.25, 0.3) is 0 Å². The van der Waals surface area contributed by atoms with Crippen LogP contribution < -0.4 is 0 Å². The molecule has 0 saturated carbocycles. The van der Waals surface area contributed by atoms with Crippen LogP contribution in [0.2, 0.25) is 0 Å². The maximum atomic E-state index is 12.0. The van der Waals surface area contributed by atoms with Gasteiger partial charge in [-0.2, -0.15) is 0 Å². The second-order valence-corrected chi connectivity index (χ2v) is 10.6. The standard InChI is InChI=1S/C38H25N3O2/c42-34-19-9-12-24-11-8-17-31(35(24)34)39-23-26-22-25-10-4-5-15-28(25)37(40-26)30-20-21-33-36(38(30)43)29-16-6-7-18-32(29)41(33)27-13-2-1-3-14-27/h1-23,42-43H. The molecule has 0 aliphatic rings. The lowest BCUT2D eigenvalue weighted by atomic mass is 10.00. The first-order valence-electron chi connectivity index (χ1n) is 14.1. The van der Waals surface area contributed by atoms with Crippen molar-refractivity contribution in [2.24, 2.45) is 4.99 Å². The molecule has 8 aromatic rings. The molecule has 2 N–H and O–H groups in total. The van der Waals surface area contributed by atoms with Gasteiger partial charge in [-0.25, -0.2) is 4.98 Å². The molecule has 204 valence electrons. The number of phenolic OH excluding ortho intramolecular Hbond substituents is 2. The zero-order chi connectivity index (χ0) is 28.9. The predicted molar refractivity (Wildman–Crippen MR) is 176 cm³/mol. The highest BCUT2D eigenvalue weighted by Crippen LogP contribution is 2.43. The van der Waals surface area contributed by atoms with Crippen molar-refractivity contribution < 1.29 is 10.2 Å². The van der Waals surface area contributed by atoms with Crippen molar-refractivity contribution in [3.05, 3.63) is 139 Å². The molecule has 0 aliphatic carbocycles. The molecule has 0 unspecified atom stereocenters. The lowest BCUT2D eigenvalue weighted by Crippen LogP contribution is -1.95. The van der Waals surface area contributed by atoms with Gasteiger partial charge in [0.2, 0.25) is 0 Å². The number of fused-ring (bicyclic) bond motifs is 5. The lowest BCUT2D eigenvalue weighted by Gasteiger charge is -2.12. The predicted octanol–water partition coefficient (Wildman–Crippen LogP) is 9.31. The van der Waals surface area contributed by atoms with Crippen LogP contribution in [0, 0.1) is 0 Å². The van der Waals surface area contributed by atoms with E-state index in [0.29, 0.717) is 28.0 Å². The minimum atomic E-state index is 0.185. The Kier molecular flexibility index (Phi) is 5.69. The largest absolute Gasteiger partial charge is 0.507 e. The van der Waals surface area contributed by atoms with Crippen LogP contribution >= 0.6 is 0 Å². The van der Waals surface area contributed by atoms with E-state index in [2.05, 4.69) is 34.9 Å². The average Bonchev–Trinajstić information content (AvgIpc) is 3.39. The van der Waals surface area contributed by atoms with Crippen molar-refractivity contribution in [3.63, 3.8) is 0 Å². The Morgan fingerprint density at radius 3 is 2.19 bits per heavy atom. The molecule has 0 aliphatic heterocycles. The van der Waals surface area contributed by atoms with Crippen molar-refractivity contribution in [1.29, 1.82) is 0 Å². The van der Waals surface area contributed by atoms with Gasteiger partial charge in [0.05, 0.1) is 39.7 Å². The number of aromatic hydroxyl groups is 2. The summed E-state index contributed by atoms with van der Waals surface area (Å²) in [6.45, 7) is 0. The van der Waals surface area contributed by atoms with Gasteiger partial charge < -0.3 is 14.8 Å². The molecule has 0 fully saturated rings. The van der Waals surface area contributed by atoms with Gasteiger partial charge in [0, 0.05) is 27.4 Å². The molecule has 0 amide bonds. The smallest absolute Gasteiger partial charge is 0.135 e. The molecular formula is C38H25N3O2. The number of benzene rings is 6. The van der Waals surface area contributed by atoms with Crippen molar-refractivity contribution in [1.82, 2.24) is 9.55 Å². The molecule has 6 aromatic carbocycles. The molecule has 5 nitrogen and oxygen atoms in total. The number of nitrogens with zero attached hydrogens (tertiary/aromatic N) is 3. The molecule has 43 heavy (non-hydrogen) atoms. The molecule has 0 spiro atoms. The fraction of sp³-hybridized carbons (Fsp3) is 0. The van der Waals surface area contributed by atoms with Crippen molar-refractivity contribution in [3.8, 4) is 28.4 Å². The normalized spacial score (nSPS) is 11.8. The minimum Gasteiger partial charge on any atom is -0.507 e. The fourth-order valence-corrected chi connectivity index (χ4v) is 6.12. The summed E-state index contributed by atoms with van der Waals surface area (Å²) in [5.74, 6) is 0.374. The van der Waals surface area contributed by atoms with Crippen LogP contribution in [0.25, 0.3) is 60.3 Å². The summed E-state index contributed by atoms with van der Waals surface area (Å²) in [5, 5.41) is 27.8. The van der Waals surface area contributed by atoms with Gasteiger partial charge in [0.15, 0.2) is 0 Å². The van der Waals surface area contributed by atoms with Crippen molar-refractivity contribution in [2.75, 3.05) is 0 Å². The maximum Gasteiger partial charge on any atom is 0.135 e. The average molecular weight is 556 g/mol. The Morgan fingerprint density at radius 1 is 0.605 bits per heavy atom. The zero-order valence-corrected chi connectivity index (χ0v) is 23.0. The molecule has 0 radical (unpaired) electrons. The first kappa shape index (κ1) is 24.8. The summed E-state index contributed by atoms with van der Waals surface area (Å²) in [6.07, 6.45) is 1.72. The van der Waals surface area contributed by atoms with Crippen molar-refractivity contribution in [2.45, 2.75) is 0 Å². The van der Waals surface area contributed by atoms with Gasteiger partial charge in [-0.3, -0.25) is 4.99 Å². The van der Waals surface area contributed by atoms with E-state index in [4.69, 9.17) is 9.98 Å². The van der Waals surface area contributed by atoms with Crippen LogP contribution in [0.1, 0.15) is 5.69 Å². The van der Waals surface area contributed by atoms with Crippen LogP contribution in [0.3, 0.4) is 0 Å². The van der Waals surface area contributed by atoms with Gasteiger partial charge in [0.1, 0.15) is 11.5 Å². The van der Waals surface area contributed by atoms with Crippen LogP contribution in [0.5, 0.6) is 11.5 Å². The highest BCUT2D eigenvalue weighted by Gasteiger charge is 2.20. The third kappa shape index (κ3) is 4.02. The zero-order valence-electron chi connectivity index (χ0n) is 23.0. The quantitative estimate of drug-likeness (QED) is 0.213. The number of pyridine rings is 1. The van der Waals surface area contributed by atoms with Crippen LogP contribution in [-0.2, 0) is 0 Å². The van der Waals surface area contributed by atoms with Crippen LogP contribution in [0.15, 0.2) is 138 Å². The second kappa shape index (κ2) is 9.86. The third-order valence-corrected chi connectivity index (χ3v) is 8.04. The van der Waals surface area contributed by atoms with Crippen LogP contribution in [0.4, 0.5) is 5.69 Å². The highest BCUT2D eigenvalue weighted by atomic mass is 16.3. The van der Waals surface area contributed by atoms with Gasteiger partial charge in [-0.1, -0.05) is 84.9 Å². The number of rotatable bonds is 4. The Bertz CT molecular complexity index is 2370. The van der Waals surface area contributed by atoms with E-state index in [9.17, 15) is 10.2 Å². The summed E-state index contributed by atoms with van der Waals surface area (Å²) in [7, 11) is 0. The number of aliphatic imine (C=N–C) groups is 1. The molecule has 2 aromatic heterocycles. The summed E-state index contributed by atoms with van der Waals surface area (Å²) in [5.41, 5.74) is 5.60. The molecule has 5 heteroatoms. The molecule has 0 bridgehead atoms. The summed E-state index contributed by atoms with van der Waals surface area (Å²) >= 11 is 0. The third-order valence-electron chi connectivity index (χ3n) is 8.04. The number of hydrogen-bond donors (Lipinski definition) is 2. The highest BCUT2D eigenvalue weighted by molar-refractivity contribution is 6.15. The molecule has 0 atom stereocenters. The minimum absolute atomic E-state index is 0.185. The Morgan fingerprint density at radius 2 is 1.33 bits per heavy atom. The number of hydrogen-bond acceptors (Lipinski definition) is 4. The summed E-state index contributed by atoms with van der Waals surface area (Å²) < 4.78 is 2.18. The van der Waals surface area contributed by atoms with Gasteiger partial charge in [-0.15, -0.1) is 0 Å². The Hall–Kier alpha value is -5.94. The monoisotopic (exact) mass is 555 g/mol. The number of aromatic nitrogens is 2. The van der Waals surface area contributed by atoms with E-state index in [1.807, 2.05) is 97.1 Å². The molecule has 2 heterocycles. The van der Waals surface area contributed by atoms with E-state index in [1.165, 1.54) is 0 Å². The molecular weight excluding hydrogens is 530 g/mol. The first-order valence-corrected chi connectivity index (χ1v) is 14.1. The van der Waals surface area contributed by atoms with E-state index in [1.54, 1.807) is 12.3 Å². The number of phenols is 2. The van der Waals surface area contributed by atoms with E-state index >= 15 is 0 Å². The van der Waals surface area contributed by atoms with Gasteiger partial charge in [-0.05, 0) is 59.3 Å². The van der Waals surface area contributed by atoms with E-state index in [-0.39, 0.29) is 11.5 Å². The fourth-order valence-electron chi connectivity index (χ4n) is 6.12. The SMILES string of the molecule is Oc1cccc2cccc(N=Cc3cc4ccccc4c(-c4ccc5c(c4O)c4ccccc4n5-c4ccccc4)n3)c12. The topological polar surface area (TPSA) is 70.6 Å². The lowest BCUT2D eigenvalue weighted by molar-refractivity contribution is 0.481. The van der Waals surface area contributed by atoms with Crippen molar-refractivity contribution >= 4 is 55.3 Å². The van der Waals surface area contributed by atoms with E-state index < -0.39 is 0 Å². The van der Waals surface area contributed by atoms with E-state index in [0.717, 1.165) is 43.7 Å². The van der Waals surface area contributed by atoms with Crippen LogP contribution in [-0.4, -0.2) is 26.0 Å². The second-order valence-electron chi connectivity index (χ2n) is 10.6. The Balaban J connectivity index is 1.34. The Labute approximate surface area is 247 Å². The van der Waals surface area contributed by atoms with Gasteiger partial charge >= 0.3 is 0 Å². The summed E-state index contributed by atoms with van der Waals surface area (Å²) in [6, 6.07) is 43.6. The summed E-state index contributed by atoms with van der Waals surface area (Å²) in [4.78, 5) is 9.77. The first-order chi connectivity index (χ1) is 21.2. The number of para-hydroxylation sites is 2. The maximum absolute atomic E-state index is 12.0. The molecule has 8 rings (SSSR count). The molecule has 0 saturated heterocycles.